The molecule has 4 heteroatoms. The largest absolute Gasteiger partial charge is 0.384 e. The van der Waals surface area contributed by atoms with Crippen molar-refractivity contribution in [3.8, 4) is 0 Å². The number of aliphatic hydroxyl groups excluding tert-OH is 1. The van der Waals surface area contributed by atoms with Crippen molar-refractivity contribution < 1.29 is 5.11 Å². The van der Waals surface area contributed by atoms with E-state index in [0.29, 0.717) is 6.04 Å². The van der Waals surface area contributed by atoms with Crippen LogP contribution in [-0.4, -0.2) is 16.1 Å². The standard InChI is InChI=1S/C22H24N2O.ClH/c25-22(18-14-15-23-20-12-6-4-10-17(18)20)19-11-5-7-13-21(19)24-16-8-2-1-3-9-16;/h4-7,10-16,22,24-25H,1-3,8-9H2;1H. The number of nitrogens with one attached hydrogen (secondary N) is 1. The Labute approximate surface area is 160 Å². The van der Waals surface area contributed by atoms with Gasteiger partial charge >= 0.3 is 0 Å². The molecular weight excluding hydrogens is 344 g/mol. The predicted octanol–water partition coefficient (Wildman–Crippen LogP) is 5.48. The number of pyridine rings is 1. The molecular formula is C22H25ClN2O. The fraction of sp³-hybridized carbons (Fsp3) is 0.318. The van der Waals surface area contributed by atoms with Crippen molar-refractivity contribution in [3.05, 3.63) is 71.9 Å². The van der Waals surface area contributed by atoms with Gasteiger partial charge in [-0.15, -0.1) is 12.4 Å². The molecule has 26 heavy (non-hydrogen) atoms. The average molecular weight is 369 g/mol. The molecule has 0 saturated heterocycles. The van der Waals surface area contributed by atoms with E-state index in [2.05, 4.69) is 16.4 Å². The number of halogens is 1. The zero-order chi connectivity index (χ0) is 17.1. The van der Waals surface area contributed by atoms with Gasteiger partial charge in [0, 0.05) is 28.9 Å². The van der Waals surface area contributed by atoms with Crippen molar-refractivity contribution in [2.24, 2.45) is 0 Å². The first kappa shape index (κ1) is 18.7. The summed E-state index contributed by atoms with van der Waals surface area (Å²) in [6.07, 6.45) is 7.45. The fourth-order valence-electron chi connectivity index (χ4n) is 3.86. The maximum atomic E-state index is 11.1. The first-order valence-corrected chi connectivity index (χ1v) is 9.20. The van der Waals surface area contributed by atoms with Gasteiger partial charge in [0.1, 0.15) is 6.10 Å². The molecule has 0 bridgehead atoms. The zero-order valence-corrected chi connectivity index (χ0v) is 15.6. The Morgan fingerprint density at radius 2 is 1.62 bits per heavy atom. The van der Waals surface area contributed by atoms with Crippen LogP contribution in [0.25, 0.3) is 10.9 Å². The van der Waals surface area contributed by atoms with E-state index < -0.39 is 6.10 Å². The second-order valence-electron chi connectivity index (χ2n) is 6.89. The molecule has 3 aromatic rings. The molecule has 4 rings (SSSR count). The number of anilines is 1. The minimum Gasteiger partial charge on any atom is -0.384 e. The van der Waals surface area contributed by atoms with Crippen LogP contribution in [0.4, 0.5) is 5.69 Å². The summed E-state index contributed by atoms with van der Waals surface area (Å²) in [5, 5.41) is 15.8. The molecule has 0 spiro atoms. The lowest BCUT2D eigenvalue weighted by molar-refractivity contribution is 0.222. The normalized spacial score (nSPS) is 16.0. The summed E-state index contributed by atoms with van der Waals surface area (Å²) < 4.78 is 0. The van der Waals surface area contributed by atoms with Gasteiger partial charge in [0.2, 0.25) is 0 Å². The van der Waals surface area contributed by atoms with Gasteiger partial charge in [0.25, 0.3) is 0 Å². The number of rotatable bonds is 4. The van der Waals surface area contributed by atoms with Crippen LogP contribution >= 0.6 is 12.4 Å². The summed E-state index contributed by atoms with van der Waals surface area (Å²) in [5.74, 6) is 0. The molecule has 1 aromatic heterocycles. The first-order valence-electron chi connectivity index (χ1n) is 9.20. The van der Waals surface area contributed by atoms with Gasteiger partial charge in [0.15, 0.2) is 0 Å². The highest BCUT2D eigenvalue weighted by Crippen LogP contribution is 2.33. The van der Waals surface area contributed by atoms with E-state index in [1.165, 1.54) is 32.1 Å². The van der Waals surface area contributed by atoms with Gasteiger partial charge in [0.05, 0.1) is 5.52 Å². The summed E-state index contributed by atoms with van der Waals surface area (Å²) in [6.45, 7) is 0. The Bertz CT molecular complexity index is 856. The monoisotopic (exact) mass is 368 g/mol. The lowest BCUT2D eigenvalue weighted by Gasteiger charge is -2.26. The van der Waals surface area contributed by atoms with Crippen LogP contribution in [0.2, 0.25) is 0 Å². The molecule has 0 aliphatic heterocycles. The SMILES string of the molecule is Cl.OC(c1ccccc1NC1CCCCC1)c1ccnc2ccccc12. The number of hydrogen-bond donors (Lipinski definition) is 2. The van der Waals surface area contributed by atoms with Crippen molar-refractivity contribution in [2.45, 2.75) is 44.2 Å². The van der Waals surface area contributed by atoms with Crippen molar-refractivity contribution >= 4 is 29.0 Å². The lowest BCUT2D eigenvalue weighted by atomic mass is 9.93. The van der Waals surface area contributed by atoms with Crippen LogP contribution in [-0.2, 0) is 0 Å². The number of aromatic nitrogens is 1. The second-order valence-corrected chi connectivity index (χ2v) is 6.89. The number of aliphatic hydroxyl groups is 1. The molecule has 1 heterocycles. The molecule has 1 saturated carbocycles. The van der Waals surface area contributed by atoms with Crippen LogP contribution in [0.5, 0.6) is 0 Å². The Morgan fingerprint density at radius 3 is 2.46 bits per heavy atom. The third-order valence-electron chi connectivity index (χ3n) is 5.20. The predicted molar refractivity (Wildman–Crippen MR) is 110 cm³/mol. The lowest BCUT2D eigenvalue weighted by Crippen LogP contribution is -2.23. The molecule has 0 amide bonds. The highest BCUT2D eigenvalue weighted by atomic mass is 35.5. The maximum absolute atomic E-state index is 11.1. The highest BCUT2D eigenvalue weighted by molar-refractivity contribution is 5.85. The van der Waals surface area contributed by atoms with E-state index in [0.717, 1.165) is 27.7 Å². The van der Waals surface area contributed by atoms with Crippen LogP contribution in [0, 0.1) is 0 Å². The van der Waals surface area contributed by atoms with Crippen molar-refractivity contribution in [1.29, 1.82) is 0 Å². The van der Waals surface area contributed by atoms with Crippen LogP contribution in [0.15, 0.2) is 60.8 Å². The average Bonchev–Trinajstić information content (AvgIpc) is 2.68. The van der Waals surface area contributed by atoms with Gasteiger partial charge in [-0.2, -0.15) is 0 Å². The van der Waals surface area contributed by atoms with Crippen LogP contribution in [0.1, 0.15) is 49.3 Å². The van der Waals surface area contributed by atoms with Gasteiger partial charge in [-0.3, -0.25) is 4.98 Å². The fourth-order valence-corrected chi connectivity index (χ4v) is 3.86. The smallest absolute Gasteiger partial charge is 0.107 e. The Hall–Kier alpha value is -2.10. The summed E-state index contributed by atoms with van der Waals surface area (Å²) in [7, 11) is 0. The minimum absolute atomic E-state index is 0. The van der Waals surface area contributed by atoms with Crippen LogP contribution < -0.4 is 5.32 Å². The molecule has 3 nitrogen and oxygen atoms in total. The van der Waals surface area contributed by atoms with E-state index in [1.807, 2.05) is 48.5 Å². The highest BCUT2D eigenvalue weighted by Gasteiger charge is 2.19. The van der Waals surface area contributed by atoms with E-state index in [9.17, 15) is 5.11 Å². The second kappa shape index (κ2) is 8.52. The minimum atomic E-state index is -0.666. The third kappa shape index (κ3) is 3.84. The number of para-hydroxylation sites is 2. The summed E-state index contributed by atoms with van der Waals surface area (Å²) in [4.78, 5) is 4.41. The Morgan fingerprint density at radius 1 is 0.885 bits per heavy atom. The maximum Gasteiger partial charge on any atom is 0.107 e. The molecule has 136 valence electrons. The molecule has 2 N–H and O–H groups in total. The van der Waals surface area contributed by atoms with E-state index in [1.54, 1.807) is 6.20 Å². The van der Waals surface area contributed by atoms with E-state index in [-0.39, 0.29) is 12.4 Å². The zero-order valence-electron chi connectivity index (χ0n) is 14.8. The molecule has 1 aliphatic carbocycles. The molecule has 1 atom stereocenters. The molecule has 2 aromatic carbocycles. The number of fused-ring (bicyclic) bond motifs is 1. The third-order valence-corrected chi connectivity index (χ3v) is 5.20. The molecule has 1 unspecified atom stereocenters. The summed E-state index contributed by atoms with van der Waals surface area (Å²) >= 11 is 0. The van der Waals surface area contributed by atoms with E-state index >= 15 is 0 Å². The van der Waals surface area contributed by atoms with Gasteiger partial charge in [-0.1, -0.05) is 55.7 Å². The first-order chi connectivity index (χ1) is 12.3. The topological polar surface area (TPSA) is 45.1 Å². The van der Waals surface area contributed by atoms with Gasteiger partial charge in [-0.25, -0.2) is 0 Å². The number of nitrogens with zero attached hydrogens (tertiary/aromatic N) is 1. The van der Waals surface area contributed by atoms with Crippen molar-refractivity contribution in [2.75, 3.05) is 5.32 Å². The molecule has 1 fully saturated rings. The quantitative estimate of drug-likeness (QED) is 0.640. The number of hydrogen-bond acceptors (Lipinski definition) is 3. The molecule has 0 radical (unpaired) electrons. The Kier molecular flexibility index (Phi) is 6.12. The van der Waals surface area contributed by atoms with Gasteiger partial charge < -0.3 is 10.4 Å². The van der Waals surface area contributed by atoms with E-state index in [4.69, 9.17) is 0 Å². The van der Waals surface area contributed by atoms with Crippen molar-refractivity contribution in [1.82, 2.24) is 4.98 Å². The van der Waals surface area contributed by atoms with Crippen LogP contribution in [0.3, 0.4) is 0 Å². The van der Waals surface area contributed by atoms with Crippen molar-refractivity contribution in [3.63, 3.8) is 0 Å². The summed E-state index contributed by atoms with van der Waals surface area (Å²) in [5.41, 5.74) is 3.80. The Balaban J connectivity index is 0.00000196. The number of benzene rings is 2. The van der Waals surface area contributed by atoms with Gasteiger partial charge in [-0.05, 0) is 36.6 Å². The summed E-state index contributed by atoms with van der Waals surface area (Å²) in [6, 6.07) is 18.5. The molecule has 1 aliphatic rings.